The molecule has 1 aliphatic rings. The summed E-state index contributed by atoms with van der Waals surface area (Å²) in [6.07, 6.45) is 8.49. The Hall–Kier alpha value is -3.09. The van der Waals surface area contributed by atoms with Crippen LogP contribution in [0.2, 0.25) is 0 Å². The third kappa shape index (κ3) is 3.33. The van der Waals surface area contributed by atoms with Gasteiger partial charge in [-0.1, -0.05) is 24.3 Å². The first-order chi connectivity index (χ1) is 12.7. The molecule has 0 spiro atoms. The molecule has 2 amide bonds. The van der Waals surface area contributed by atoms with Crippen LogP contribution in [0.4, 0.5) is 4.79 Å². The second kappa shape index (κ2) is 7.03. The molecule has 2 aromatic heterocycles. The summed E-state index contributed by atoms with van der Waals surface area (Å²) in [6, 6.07) is 10.2. The lowest BCUT2D eigenvalue weighted by Gasteiger charge is -2.18. The van der Waals surface area contributed by atoms with Crippen LogP contribution in [0.5, 0.6) is 0 Å². The second-order valence-corrected chi connectivity index (χ2v) is 6.59. The molecule has 3 heterocycles. The Bertz CT molecular complexity index is 885. The fourth-order valence-electron chi connectivity index (χ4n) is 3.44. The summed E-state index contributed by atoms with van der Waals surface area (Å²) in [5.41, 5.74) is 3.23. The summed E-state index contributed by atoms with van der Waals surface area (Å²) >= 11 is 0. The SMILES string of the molecule is Cn1cc(-c2ccccc2CNC(=O)N2CCC(n3cccn3)C2)cn1. The van der Waals surface area contributed by atoms with Crippen LogP contribution in [0, 0.1) is 0 Å². The minimum atomic E-state index is -0.0272. The highest BCUT2D eigenvalue weighted by Crippen LogP contribution is 2.24. The number of amides is 2. The van der Waals surface area contributed by atoms with Crippen molar-refractivity contribution >= 4 is 6.03 Å². The topological polar surface area (TPSA) is 68.0 Å². The highest BCUT2D eigenvalue weighted by molar-refractivity contribution is 5.75. The van der Waals surface area contributed by atoms with Gasteiger partial charge in [0.15, 0.2) is 0 Å². The summed E-state index contributed by atoms with van der Waals surface area (Å²) in [7, 11) is 1.90. The van der Waals surface area contributed by atoms with Crippen LogP contribution in [0.25, 0.3) is 11.1 Å². The van der Waals surface area contributed by atoms with Crippen LogP contribution in [0.15, 0.2) is 55.1 Å². The van der Waals surface area contributed by atoms with Gasteiger partial charge >= 0.3 is 6.03 Å². The molecule has 1 saturated heterocycles. The minimum absolute atomic E-state index is 0.0272. The van der Waals surface area contributed by atoms with Gasteiger partial charge < -0.3 is 10.2 Å². The highest BCUT2D eigenvalue weighted by atomic mass is 16.2. The van der Waals surface area contributed by atoms with Gasteiger partial charge in [0.05, 0.1) is 12.2 Å². The van der Waals surface area contributed by atoms with Crippen molar-refractivity contribution in [3.05, 3.63) is 60.7 Å². The van der Waals surface area contributed by atoms with Crippen LogP contribution in [0.3, 0.4) is 0 Å². The number of aryl methyl sites for hydroxylation is 1. The van der Waals surface area contributed by atoms with Gasteiger partial charge in [0.25, 0.3) is 0 Å². The molecular weight excluding hydrogens is 328 g/mol. The van der Waals surface area contributed by atoms with Gasteiger partial charge in [-0.2, -0.15) is 10.2 Å². The number of rotatable bonds is 4. The number of benzene rings is 1. The molecule has 1 atom stereocenters. The van der Waals surface area contributed by atoms with E-state index in [4.69, 9.17) is 0 Å². The number of hydrogen-bond acceptors (Lipinski definition) is 3. The van der Waals surface area contributed by atoms with E-state index in [9.17, 15) is 4.79 Å². The number of likely N-dealkylation sites (tertiary alicyclic amines) is 1. The van der Waals surface area contributed by atoms with Crippen LogP contribution in [-0.4, -0.2) is 43.6 Å². The molecule has 1 aliphatic heterocycles. The van der Waals surface area contributed by atoms with Gasteiger partial charge in [-0.15, -0.1) is 0 Å². The summed E-state index contributed by atoms with van der Waals surface area (Å²) in [4.78, 5) is 14.4. The van der Waals surface area contributed by atoms with E-state index in [1.165, 1.54) is 0 Å². The Kier molecular flexibility index (Phi) is 4.43. The molecule has 0 aliphatic carbocycles. The summed E-state index contributed by atoms with van der Waals surface area (Å²) in [6.45, 7) is 1.94. The maximum atomic E-state index is 12.6. The van der Waals surface area contributed by atoms with Crippen LogP contribution >= 0.6 is 0 Å². The Morgan fingerprint density at radius 2 is 2.15 bits per heavy atom. The summed E-state index contributed by atoms with van der Waals surface area (Å²) < 4.78 is 3.72. The first-order valence-electron chi connectivity index (χ1n) is 8.79. The molecule has 7 nitrogen and oxygen atoms in total. The predicted molar refractivity (Wildman–Crippen MR) is 98.3 cm³/mol. The molecule has 7 heteroatoms. The Morgan fingerprint density at radius 1 is 1.27 bits per heavy atom. The fraction of sp³-hybridized carbons (Fsp3) is 0.316. The smallest absolute Gasteiger partial charge is 0.317 e. The molecule has 4 rings (SSSR count). The number of hydrogen-bond donors (Lipinski definition) is 1. The van der Waals surface area contributed by atoms with E-state index in [2.05, 4.69) is 21.6 Å². The van der Waals surface area contributed by atoms with Crippen molar-refractivity contribution in [3.8, 4) is 11.1 Å². The lowest BCUT2D eigenvalue weighted by Crippen LogP contribution is -2.38. The van der Waals surface area contributed by atoms with E-state index in [1.807, 2.05) is 59.5 Å². The largest absolute Gasteiger partial charge is 0.334 e. The molecule has 1 fully saturated rings. The van der Waals surface area contributed by atoms with E-state index in [0.717, 1.165) is 29.7 Å². The minimum Gasteiger partial charge on any atom is -0.334 e. The monoisotopic (exact) mass is 350 g/mol. The Morgan fingerprint density at radius 3 is 2.92 bits per heavy atom. The van der Waals surface area contributed by atoms with Crippen molar-refractivity contribution in [3.63, 3.8) is 0 Å². The first-order valence-corrected chi connectivity index (χ1v) is 8.79. The molecule has 1 unspecified atom stereocenters. The first kappa shape index (κ1) is 16.4. The van der Waals surface area contributed by atoms with Crippen molar-refractivity contribution in [2.45, 2.75) is 19.0 Å². The lowest BCUT2D eigenvalue weighted by molar-refractivity contribution is 0.206. The number of aromatic nitrogens is 4. The lowest BCUT2D eigenvalue weighted by atomic mass is 10.0. The molecule has 0 radical (unpaired) electrons. The predicted octanol–water partition coefficient (Wildman–Crippen LogP) is 2.44. The fourth-order valence-corrected chi connectivity index (χ4v) is 3.44. The van der Waals surface area contributed by atoms with E-state index in [-0.39, 0.29) is 12.1 Å². The highest BCUT2D eigenvalue weighted by Gasteiger charge is 2.27. The van der Waals surface area contributed by atoms with Crippen LogP contribution in [0.1, 0.15) is 18.0 Å². The average Bonchev–Trinajstić information content (AvgIpc) is 3.40. The van der Waals surface area contributed by atoms with Gasteiger partial charge in [0.1, 0.15) is 0 Å². The number of nitrogens with zero attached hydrogens (tertiary/aromatic N) is 5. The number of carbonyl (C=O) groups excluding carboxylic acids is 1. The standard InChI is InChI=1S/C19H22N6O/c1-23-13-16(12-22-23)18-6-3-2-5-15(18)11-20-19(26)24-10-7-17(14-24)25-9-4-8-21-25/h2-6,8-9,12-13,17H,7,10-11,14H2,1H3,(H,20,26). The Labute approximate surface area is 152 Å². The average molecular weight is 350 g/mol. The van der Waals surface area contributed by atoms with E-state index in [1.54, 1.807) is 10.9 Å². The quantitative estimate of drug-likeness (QED) is 0.786. The van der Waals surface area contributed by atoms with Gasteiger partial charge in [-0.3, -0.25) is 9.36 Å². The van der Waals surface area contributed by atoms with E-state index >= 15 is 0 Å². The zero-order valence-corrected chi connectivity index (χ0v) is 14.7. The van der Waals surface area contributed by atoms with Crippen molar-refractivity contribution in [1.82, 2.24) is 29.8 Å². The van der Waals surface area contributed by atoms with Gasteiger partial charge in [0.2, 0.25) is 0 Å². The molecule has 1 aromatic carbocycles. The Balaban J connectivity index is 1.40. The van der Waals surface area contributed by atoms with Crippen LogP contribution < -0.4 is 5.32 Å². The molecular formula is C19H22N6O. The number of nitrogens with one attached hydrogen (secondary N) is 1. The molecule has 26 heavy (non-hydrogen) atoms. The van der Waals surface area contributed by atoms with E-state index < -0.39 is 0 Å². The van der Waals surface area contributed by atoms with Crippen molar-refractivity contribution < 1.29 is 4.79 Å². The van der Waals surface area contributed by atoms with Gasteiger partial charge in [-0.05, 0) is 23.6 Å². The molecule has 3 aromatic rings. The third-order valence-corrected chi connectivity index (χ3v) is 4.81. The third-order valence-electron chi connectivity index (χ3n) is 4.81. The van der Waals surface area contributed by atoms with Crippen molar-refractivity contribution in [1.29, 1.82) is 0 Å². The summed E-state index contributed by atoms with van der Waals surface area (Å²) in [5, 5.41) is 11.6. The van der Waals surface area contributed by atoms with Gasteiger partial charge in [0, 0.05) is 50.8 Å². The number of urea groups is 1. The molecule has 1 N–H and O–H groups in total. The second-order valence-electron chi connectivity index (χ2n) is 6.59. The molecule has 0 bridgehead atoms. The molecule has 0 saturated carbocycles. The van der Waals surface area contributed by atoms with Gasteiger partial charge in [-0.25, -0.2) is 4.79 Å². The maximum Gasteiger partial charge on any atom is 0.317 e. The zero-order valence-electron chi connectivity index (χ0n) is 14.7. The van der Waals surface area contributed by atoms with Crippen molar-refractivity contribution in [2.75, 3.05) is 13.1 Å². The molecule has 134 valence electrons. The summed E-state index contributed by atoms with van der Waals surface area (Å²) in [5.74, 6) is 0. The normalized spacial score (nSPS) is 16.8. The maximum absolute atomic E-state index is 12.6. The van der Waals surface area contributed by atoms with Crippen molar-refractivity contribution in [2.24, 2.45) is 7.05 Å². The zero-order chi connectivity index (χ0) is 17.9. The number of carbonyl (C=O) groups is 1. The van der Waals surface area contributed by atoms with Crippen LogP contribution in [-0.2, 0) is 13.6 Å². The van der Waals surface area contributed by atoms with E-state index in [0.29, 0.717) is 13.1 Å².